The van der Waals surface area contributed by atoms with Crippen LogP contribution in [0.25, 0.3) is 5.69 Å². The Balaban J connectivity index is 1.47. The molecular formula is C26H26N4O5S. The quantitative estimate of drug-likeness (QED) is 0.295. The van der Waals surface area contributed by atoms with Crippen molar-refractivity contribution in [1.82, 2.24) is 14.8 Å². The van der Waals surface area contributed by atoms with Gasteiger partial charge in [0, 0.05) is 11.8 Å². The van der Waals surface area contributed by atoms with E-state index in [2.05, 4.69) is 15.5 Å². The van der Waals surface area contributed by atoms with Crippen LogP contribution in [0.1, 0.15) is 5.82 Å². The lowest BCUT2D eigenvalue weighted by Crippen LogP contribution is -2.15. The molecule has 1 amide bonds. The molecule has 4 aromatic rings. The van der Waals surface area contributed by atoms with Crippen LogP contribution in [-0.2, 0) is 11.4 Å². The zero-order valence-electron chi connectivity index (χ0n) is 20.1. The molecule has 0 saturated carbocycles. The monoisotopic (exact) mass is 506 g/mol. The van der Waals surface area contributed by atoms with Gasteiger partial charge in [0.25, 0.3) is 0 Å². The van der Waals surface area contributed by atoms with Crippen LogP contribution in [0.15, 0.2) is 78.0 Å². The largest absolute Gasteiger partial charge is 0.497 e. The van der Waals surface area contributed by atoms with E-state index < -0.39 is 0 Å². The van der Waals surface area contributed by atoms with Crippen LogP contribution in [0.2, 0.25) is 0 Å². The molecule has 0 fully saturated rings. The summed E-state index contributed by atoms with van der Waals surface area (Å²) in [7, 11) is 4.73. The van der Waals surface area contributed by atoms with Gasteiger partial charge in [-0.05, 0) is 48.5 Å². The highest BCUT2D eigenvalue weighted by atomic mass is 32.2. The van der Waals surface area contributed by atoms with Crippen LogP contribution in [0.5, 0.6) is 23.0 Å². The standard InChI is InChI=1S/C26H26N4O5S/c1-32-19-9-11-20(12-10-19)35-16-24-28-29-26(30(24)18-7-5-4-6-8-18)36-17-25(31)27-22-14-13-21(33-2)15-23(22)34-3/h4-15H,16-17H2,1-3H3,(H,27,31). The van der Waals surface area contributed by atoms with E-state index in [9.17, 15) is 4.79 Å². The lowest BCUT2D eigenvalue weighted by Gasteiger charge is -2.12. The molecule has 0 spiro atoms. The summed E-state index contributed by atoms with van der Waals surface area (Å²) >= 11 is 1.28. The molecule has 1 heterocycles. The SMILES string of the molecule is COc1ccc(OCc2nnc(SCC(=O)Nc3ccc(OC)cc3OC)n2-c2ccccc2)cc1. The van der Waals surface area contributed by atoms with Crippen LogP contribution in [0, 0.1) is 0 Å². The minimum Gasteiger partial charge on any atom is -0.497 e. The van der Waals surface area contributed by atoms with Gasteiger partial charge in [0.2, 0.25) is 5.91 Å². The third kappa shape index (κ3) is 6.08. The van der Waals surface area contributed by atoms with E-state index in [-0.39, 0.29) is 18.3 Å². The van der Waals surface area contributed by atoms with Crippen LogP contribution in [-0.4, -0.2) is 47.8 Å². The summed E-state index contributed by atoms with van der Waals surface area (Å²) in [6.45, 7) is 0.198. The van der Waals surface area contributed by atoms with E-state index >= 15 is 0 Å². The number of anilines is 1. The Morgan fingerprint density at radius 3 is 2.25 bits per heavy atom. The van der Waals surface area contributed by atoms with Crippen molar-refractivity contribution in [2.45, 2.75) is 11.8 Å². The Bertz CT molecular complexity index is 1300. The maximum absolute atomic E-state index is 12.7. The molecule has 0 aliphatic carbocycles. The third-order valence-electron chi connectivity index (χ3n) is 5.16. The molecule has 1 aromatic heterocycles. The molecule has 36 heavy (non-hydrogen) atoms. The number of carbonyl (C=O) groups is 1. The molecule has 9 nitrogen and oxygen atoms in total. The first kappa shape index (κ1) is 24.9. The Morgan fingerprint density at radius 2 is 1.56 bits per heavy atom. The zero-order valence-corrected chi connectivity index (χ0v) is 21.0. The third-order valence-corrected chi connectivity index (χ3v) is 6.09. The summed E-state index contributed by atoms with van der Waals surface area (Å²) in [6, 6.07) is 22.2. The number of benzene rings is 3. The molecule has 0 unspecified atom stereocenters. The molecule has 3 aromatic carbocycles. The Hall–Kier alpha value is -4.18. The highest BCUT2D eigenvalue weighted by molar-refractivity contribution is 7.99. The van der Waals surface area contributed by atoms with Crippen molar-refractivity contribution in [3.05, 3.63) is 78.6 Å². The van der Waals surface area contributed by atoms with Gasteiger partial charge in [-0.1, -0.05) is 30.0 Å². The van der Waals surface area contributed by atoms with E-state index in [4.69, 9.17) is 18.9 Å². The van der Waals surface area contributed by atoms with E-state index in [0.29, 0.717) is 33.9 Å². The summed E-state index contributed by atoms with van der Waals surface area (Å²) in [4.78, 5) is 12.7. The van der Waals surface area contributed by atoms with Gasteiger partial charge in [0.05, 0.1) is 32.8 Å². The van der Waals surface area contributed by atoms with Crippen molar-refractivity contribution in [2.75, 3.05) is 32.4 Å². The molecule has 0 saturated heterocycles. The molecule has 0 bridgehead atoms. The molecule has 4 rings (SSSR count). The molecule has 186 valence electrons. The molecule has 1 N–H and O–H groups in total. The number of rotatable bonds is 11. The summed E-state index contributed by atoms with van der Waals surface area (Å²) in [6.07, 6.45) is 0. The fraction of sp³-hybridized carbons (Fsp3) is 0.192. The van der Waals surface area contributed by atoms with Gasteiger partial charge in [-0.25, -0.2) is 0 Å². The number of methoxy groups -OCH3 is 3. The maximum atomic E-state index is 12.7. The molecule has 0 atom stereocenters. The van der Waals surface area contributed by atoms with Gasteiger partial charge >= 0.3 is 0 Å². The fourth-order valence-electron chi connectivity index (χ4n) is 3.36. The van der Waals surface area contributed by atoms with Crippen LogP contribution < -0.4 is 24.3 Å². The molecule has 0 aliphatic rings. The predicted molar refractivity (Wildman–Crippen MR) is 138 cm³/mol. The lowest BCUT2D eigenvalue weighted by molar-refractivity contribution is -0.113. The second-order valence-electron chi connectivity index (χ2n) is 7.44. The maximum Gasteiger partial charge on any atom is 0.234 e. The number of amides is 1. The first-order valence-corrected chi connectivity index (χ1v) is 12.0. The topological polar surface area (TPSA) is 96.7 Å². The van der Waals surface area contributed by atoms with Gasteiger partial charge in [0.15, 0.2) is 11.0 Å². The van der Waals surface area contributed by atoms with Crippen LogP contribution in [0.3, 0.4) is 0 Å². The lowest BCUT2D eigenvalue weighted by atomic mass is 10.2. The summed E-state index contributed by atoms with van der Waals surface area (Å²) < 4.78 is 23.6. The van der Waals surface area contributed by atoms with Crippen molar-refractivity contribution < 1.29 is 23.7 Å². The first-order chi connectivity index (χ1) is 17.6. The van der Waals surface area contributed by atoms with E-state index in [0.717, 1.165) is 11.4 Å². The molecule has 0 radical (unpaired) electrons. The number of hydrogen-bond acceptors (Lipinski definition) is 8. The summed E-state index contributed by atoms with van der Waals surface area (Å²) in [5.41, 5.74) is 1.43. The van der Waals surface area contributed by atoms with Gasteiger partial charge < -0.3 is 24.3 Å². The average Bonchev–Trinajstić information content (AvgIpc) is 3.34. The Morgan fingerprint density at radius 1 is 0.861 bits per heavy atom. The van der Waals surface area contributed by atoms with Gasteiger partial charge in [-0.15, -0.1) is 10.2 Å². The number of nitrogens with zero attached hydrogens (tertiary/aromatic N) is 3. The summed E-state index contributed by atoms with van der Waals surface area (Å²) in [5, 5.41) is 12.1. The van der Waals surface area contributed by atoms with Crippen molar-refractivity contribution in [3.8, 4) is 28.7 Å². The molecular weight excluding hydrogens is 480 g/mol. The highest BCUT2D eigenvalue weighted by Crippen LogP contribution is 2.30. The summed E-state index contributed by atoms with van der Waals surface area (Å²) in [5.74, 6) is 3.11. The minimum absolute atomic E-state index is 0.124. The number of nitrogens with one attached hydrogen (secondary N) is 1. The van der Waals surface area contributed by atoms with E-state index in [1.165, 1.54) is 18.9 Å². The van der Waals surface area contributed by atoms with Gasteiger partial charge in [0.1, 0.15) is 29.6 Å². The number of aromatic nitrogens is 3. The number of ether oxygens (including phenoxy) is 4. The van der Waals surface area contributed by atoms with Gasteiger partial charge in [-0.3, -0.25) is 9.36 Å². The van der Waals surface area contributed by atoms with Crippen molar-refractivity contribution in [3.63, 3.8) is 0 Å². The van der Waals surface area contributed by atoms with Crippen molar-refractivity contribution >= 4 is 23.4 Å². The minimum atomic E-state index is -0.206. The average molecular weight is 507 g/mol. The molecule has 10 heteroatoms. The second kappa shape index (κ2) is 12.0. The van der Waals surface area contributed by atoms with Crippen LogP contribution >= 0.6 is 11.8 Å². The second-order valence-corrected chi connectivity index (χ2v) is 8.38. The fourth-order valence-corrected chi connectivity index (χ4v) is 4.13. The smallest absolute Gasteiger partial charge is 0.234 e. The first-order valence-electron chi connectivity index (χ1n) is 11.0. The Kier molecular flexibility index (Phi) is 8.30. The normalized spacial score (nSPS) is 10.5. The number of thioether (sulfide) groups is 1. The van der Waals surface area contributed by atoms with Crippen molar-refractivity contribution in [1.29, 1.82) is 0 Å². The number of para-hydroxylation sites is 1. The number of hydrogen-bond donors (Lipinski definition) is 1. The van der Waals surface area contributed by atoms with Crippen molar-refractivity contribution in [2.24, 2.45) is 0 Å². The zero-order chi connectivity index (χ0) is 25.3. The Labute approximate surface area is 213 Å². The van der Waals surface area contributed by atoms with Gasteiger partial charge in [-0.2, -0.15) is 0 Å². The highest BCUT2D eigenvalue weighted by Gasteiger charge is 2.17. The molecule has 0 aliphatic heterocycles. The van der Waals surface area contributed by atoms with Crippen LogP contribution in [0.4, 0.5) is 5.69 Å². The van der Waals surface area contributed by atoms with E-state index in [1.54, 1.807) is 32.4 Å². The van der Waals surface area contributed by atoms with E-state index in [1.807, 2.05) is 59.2 Å². The predicted octanol–water partition coefficient (Wildman–Crippen LogP) is 4.60. The number of carbonyl (C=O) groups excluding carboxylic acids is 1.